The van der Waals surface area contributed by atoms with E-state index < -0.39 is 12.0 Å². The van der Waals surface area contributed by atoms with E-state index in [0.29, 0.717) is 31.8 Å². The molecule has 0 radical (unpaired) electrons. The number of aliphatic carboxylic acids is 1. The summed E-state index contributed by atoms with van der Waals surface area (Å²) >= 11 is 0. The van der Waals surface area contributed by atoms with Crippen LogP contribution in [0.5, 0.6) is 0 Å². The van der Waals surface area contributed by atoms with Crippen molar-refractivity contribution in [2.75, 3.05) is 13.7 Å². The molecule has 1 unspecified atom stereocenters. The van der Waals surface area contributed by atoms with Gasteiger partial charge in [-0.2, -0.15) is 0 Å². The maximum atomic E-state index is 12.0. The molecule has 0 saturated heterocycles. The van der Waals surface area contributed by atoms with Gasteiger partial charge < -0.3 is 15.2 Å². The number of nitrogens with one attached hydrogen (secondary N) is 1. The molecular formula is C15H27NO4. The SMILES string of the molecule is COCCCC(NC(=O)CC1CCCCCC1)C(=O)O. The maximum absolute atomic E-state index is 12.0. The van der Waals surface area contributed by atoms with Gasteiger partial charge in [0.15, 0.2) is 0 Å². The molecule has 20 heavy (non-hydrogen) atoms. The molecule has 0 aliphatic heterocycles. The molecule has 1 aliphatic carbocycles. The minimum absolute atomic E-state index is 0.123. The molecule has 1 amide bonds. The molecule has 1 fully saturated rings. The zero-order valence-corrected chi connectivity index (χ0v) is 12.4. The molecule has 1 saturated carbocycles. The Morgan fingerprint density at radius 3 is 2.45 bits per heavy atom. The molecule has 116 valence electrons. The highest BCUT2D eigenvalue weighted by Crippen LogP contribution is 2.25. The van der Waals surface area contributed by atoms with Gasteiger partial charge in [0.05, 0.1) is 0 Å². The van der Waals surface area contributed by atoms with Crippen LogP contribution in [0.25, 0.3) is 0 Å². The Labute approximate surface area is 121 Å². The number of amides is 1. The lowest BCUT2D eigenvalue weighted by Crippen LogP contribution is -2.41. The van der Waals surface area contributed by atoms with Crippen LogP contribution in [0.4, 0.5) is 0 Å². The summed E-state index contributed by atoms with van der Waals surface area (Å²) in [5.74, 6) is -0.664. The fourth-order valence-electron chi connectivity index (χ4n) is 2.77. The van der Waals surface area contributed by atoms with Gasteiger partial charge >= 0.3 is 5.97 Å². The summed E-state index contributed by atoms with van der Waals surface area (Å²) in [5, 5.41) is 11.8. The fourth-order valence-corrected chi connectivity index (χ4v) is 2.77. The molecular weight excluding hydrogens is 258 g/mol. The number of carbonyl (C=O) groups is 2. The number of ether oxygens (including phenoxy) is 1. The van der Waals surface area contributed by atoms with Gasteiger partial charge in [-0.25, -0.2) is 4.79 Å². The molecule has 5 nitrogen and oxygen atoms in total. The van der Waals surface area contributed by atoms with Crippen LogP contribution >= 0.6 is 0 Å². The van der Waals surface area contributed by atoms with E-state index >= 15 is 0 Å². The van der Waals surface area contributed by atoms with E-state index in [9.17, 15) is 9.59 Å². The lowest BCUT2D eigenvalue weighted by Gasteiger charge is -2.17. The highest BCUT2D eigenvalue weighted by Gasteiger charge is 2.22. The second-order valence-corrected chi connectivity index (χ2v) is 5.66. The summed E-state index contributed by atoms with van der Waals surface area (Å²) in [6.45, 7) is 0.516. The lowest BCUT2D eigenvalue weighted by atomic mass is 9.96. The van der Waals surface area contributed by atoms with Crippen molar-refractivity contribution in [1.29, 1.82) is 0 Å². The average Bonchev–Trinajstić information content (AvgIpc) is 2.66. The molecule has 0 aromatic heterocycles. The Bertz CT molecular complexity index is 298. The van der Waals surface area contributed by atoms with Crippen molar-refractivity contribution < 1.29 is 19.4 Å². The normalized spacial score (nSPS) is 18.2. The predicted molar refractivity (Wildman–Crippen MR) is 76.5 cm³/mol. The van der Waals surface area contributed by atoms with Crippen LogP contribution in [-0.2, 0) is 14.3 Å². The predicted octanol–water partition coefficient (Wildman–Crippen LogP) is 2.34. The van der Waals surface area contributed by atoms with Gasteiger partial charge in [0.2, 0.25) is 5.91 Å². The van der Waals surface area contributed by atoms with Crippen molar-refractivity contribution in [2.45, 2.75) is 63.8 Å². The van der Waals surface area contributed by atoms with Gasteiger partial charge in [-0.15, -0.1) is 0 Å². The minimum Gasteiger partial charge on any atom is -0.480 e. The molecule has 1 rings (SSSR count). The van der Waals surface area contributed by atoms with Gasteiger partial charge in [0.25, 0.3) is 0 Å². The molecule has 1 aliphatic rings. The molecule has 1 atom stereocenters. The Balaban J connectivity index is 2.34. The number of carboxylic acid groups (broad SMARTS) is 1. The second kappa shape index (κ2) is 9.75. The molecule has 0 bridgehead atoms. The van der Waals surface area contributed by atoms with Gasteiger partial charge in [0.1, 0.15) is 6.04 Å². The van der Waals surface area contributed by atoms with Crippen LogP contribution < -0.4 is 5.32 Å². The van der Waals surface area contributed by atoms with E-state index in [1.165, 1.54) is 25.7 Å². The van der Waals surface area contributed by atoms with Crippen molar-refractivity contribution in [3.8, 4) is 0 Å². The highest BCUT2D eigenvalue weighted by molar-refractivity contribution is 5.83. The molecule has 0 aromatic rings. The largest absolute Gasteiger partial charge is 0.480 e. The van der Waals surface area contributed by atoms with Crippen molar-refractivity contribution in [3.05, 3.63) is 0 Å². The quantitative estimate of drug-likeness (QED) is 0.530. The number of hydrogen-bond donors (Lipinski definition) is 2. The van der Waals surface area contributed by atoms with Gasteiger partial charge in [-0.05, 0) is 31.6 Å². The Kier molecular flexibility index (Phi) is 8.26. The molecule has 2 N–H and O–H groups in total. The maximum Gasteiger partial charge on any atom is 0.326 e. The third-order valence-corrected chi connectivity index (χ3v) is 3.92. The average molecular weight is 285 g/mol. The number of carboxylic acids is 1. The summed E-state index contributed by atoms with van der Waals surface area (Å²) in [4.78, 5) is 23.1. The smallest absolute Gasteiger partial charge is 0.326 e. The molecule has 0 aromatic carbocycles. The third-order valence-electron chi connectivity index (χ3n) is 3.92. The third kappa shape index (κ3) is 6.89. The Morgan fingerprint density at radius 1 is 1.25 bits per heavy atom. The number of rotatable bonds is 8. The highest BCUT2D eigenvalue weighted by atomic mass is 16.5. The summed E-state index contributed by atoms with van der Waals surface area (Å²) < 4.78 is 4.91. The van der Waals surface area contributed by atoms with Crippen molar-refractivity contribution >= 4 is 11.9 Å². The monoisotopic (exact) mass is 285 g/mol. The fraction of sp³-hybridized carbons (Fsp3) is 0.867. The first-order valence-corrected chi connectivity index (χ1v) is 7.64. The second-order valence-electron chi connectivity index (χ2n) is 5.66. The van der Waals surface area contributed by atoms with Crippen LogP contribution in [0.2, 0.25) is 0 Å². The summed E-state index contributed by atoms with van der Waals surface area (Å²) in [6, 6.07) is -0.788. The van der Waals surface area contributed by atoms with E-state index in [1.807, 2.05) is 0 Å². The molecule has 0 heterocycles. The first-order chi connectivity index (χ1) is 9.63. The van der Waals surface area contributed by atoms with Crippen LogP contribution in [0.15, 0.2) is 0 Å². The topological polar surface area (TPSA) is 75.6 Å². The summed E-state index contributed by atoms with van der Waals surface area (Å²) in [6.07, 6.45) is 8.59. The van der Waals surface area contributed by atoms with E-state index in [-0.39, 0.29) is 5.91 Å². The van der Waals surface area contributed by atoms with E-state index in [4.69, 9.17) is 9.84 Å². The zero-order chi connectivity index (χ0) is 14.8. The van der Waals surface area contributed by atoms with Crippen LogP contribution in [0.3, 0.4) is 0 Å². The van der Waals surface area contributed by atoms with Crippen molar-refractivity contribution in [2.24, 2.45) is 5.92 Å². The summed E-state index contributed by atoms with van der Waals surface area (Å²) in [7, 11) is 1.58. The van der Waals surface area contributed by atoms with Gasteiger partial charge in [0, 0.05) is 20.1 Å². The standard InChI is InChI=1S/C15H27NO4/c1-20-10-6-9-13(15(18)19)16-14(17)11-12-7-4-2-3-5-8-12/h12-13H,2-11H2,1H3,(H,16,17)(H,18,19). The zero-order valence-electron chi connectivity index (χ0n) is 12.4. The van der Waals surface area contributed by atoms with E-state index in [2.05, 4.69) is 5.32 Å². The number of hydrogen-bond acceptors (Lipinski definition) is 3. The van der Waals surface area contributed by atoms with Crippen LogP contribution in [0.1, 0.15) is 57.8 Å². The van der Waals surface area contributed by atoms with E-state index in [0.717, 1.165) is 12.8 Å². The Morgan fingerprint density at radius 2 is 1.90 bits per heavy atom. The summed E-state index contributed by atoms with van der Waals surface area (Å²) in [5.41, 5.74) is 0. The van der Waals surface area contributed by atoms with Crippen LogP contribution in [0, 0.1) is 5.92 Å². The molecule has 0 spiro atoms. The van der Waals surface area contributed by atoms with E-state index in [1.54, 1.807) is 7.11 Å². The van der Waals surface area contributed by atoms with Crippen molar-refractivity contribution in [1.82, 2.24) is 5.32 Å². The molecule has 5 heteroatoms. The Hall–Kier alpha value is -1.10. The van der Waals surface area contributed by atoms with Crippen LogP contribution in [-0.4, -0.2) is 36.7 Å². The van der Waals surface area contributed by atoms with Crippen molar-refractivity contribution in [3.63, 3.8) is 0 Å². The van der Waals surface area contributed by atoms with Gasteiger partial charge in [-0.1, -0.05) is 25.7 Å². The first-order valence-electron chi connectivity index (χ1n) is 7.64. The number of carbonyl (C=O) groups excluding carboxylic acids is 1. The minimum atomic E-state index is -0.963. The lowest BCUT2D eigenvalue weighted by molar-refractivity contribution is -0.142. The number of methoxy groups -OCH3 is 1. The van der Waals surface area contributed by atoms with Gasteiger partial charge in [-0.3, -0.25) is 4.79 Å². The first kappa shape index (κ1) is 17.0.